The van der Waals surface area contributed by atoms with Crippen LogP contribution in [0.4, 0.5) is 5.69 Å². The largest absolute Gasteiger partial charge is 0.380 e. The van der Waals surface area contributed by atoms with Crippen LogP contribution in [0.1, 0.15) is 31.2 Å². The van der Waals surface area contributed by atoms with Crippen molar-refractivity contribution in [3.63, 3.8) is 0 Å². The van der Waals surface area contributed by atoms with Gasteiger partial charge < -0.3 is 10.2 Å². The maximum Gasteiger partial charge on any atom is 0.233 e. The lowest BCUT2D eigenvalue weighted by atomic mass is 9.63. The van der Waals surface area contributed by atoms with Crippen LogP contribution in [0, 0.1) is 0 Å². The Balaban J connectivity index is 1.47. The van der Waals surface area contributed by atoms with Crippen molar-refractivity contribution in [2.75, 3.05) is 18.4 Å². The average Bonchev–Trinajstić information content (AvgIpc) is 3.03. The summed E-state index contributed by atoms with van der Waals surface area (Å²) in [7, 11) is 0. The molecule has 25 heavy (non-hydrogen) atoms. The molecule has 3 nitrogen and oxygen atoms in total. The molecule has 1 aliphatic carbocycles. The molecular formula is C21H23ClN2O. The minimum Gasteiger partial charge on any atom is -0.380 e. The molecule has 0 bridgehead atoms. The molecule has 1 amide bonds. The van der Waals surface area contributed by atoms with E-state index in [0.717, 1.165) is 50.0 Å². The minimum absolute atomic E-state index is 0.276. The third kappa shape index (κ3) is 3.13. The summed E-state index contributed by atoms with van der Waals surface area (Å²) in [5.74, 6) is 0.276. The monoisotopic (exact) mass is 354 g/mol. The molecule has 1 N–H and O–H groups in total. The molecule has 1 heterocycles. The SMILES string of the molecule is O=C(N1CCC(Nc2ccccc2)C1)C1(c2cccc(Cl)c2)CCC1. The molecule has 2 aromatic rings. The first kappa shape index (κ1) is 16.5. The van der Waals surface area contributed by atoms with Crippen molar-refractivity contribution >= 4 is 23.2 Å². The Bertz CT molecular complexity index is 758. The Morgan fingerprint density at radius 3 is 2.60 bits per heavy atom. The molecule has 4 heteroatoms. The van der Waals surface area contributed by atoms with Crippen LogP contribution in [0.2, 0.25) is 5.02 Å². The van der Waals surface area contributed by atoms with E-state index in [0.29, 0.717) is 11.1 Å². The van der Waals surface area contributed by atoms with Crippen LogP contribution < -0.4 is 5.32 Å². The fourth-order valence-corrected chi connectivity index (χ4v) is 4.27. The standard InChI is InChI=1S/C21H23ClN2O/c22-17-7-4-6-16(14-17)21(11-5-12-21)20(25)24-13-10-19(15-24)23-18-8-2-1-3-9-18/h1-4,6-9,14,19,23H,5,10-13,15H2. The number of anilines is 1. The Morgan fingerprint density at radius 1 is 1.12 bits per heavy atom. The van der Waals surface area contributed by atoms with Gasteiger partial charge in [0, 0.05) is 29.8 Å². The van der Waals surface area contributed by atoms with Gasteiger partial charge in [0.25, 0.3) is 0 Å². The van der Waals surface area contributed by atoms with Crippen molar-refractivity contribution in [3.05, 3.63) is 65.2 Å². The predicted octanol–water partition coefficient (Wildman–Crippen LogP) is 4.47. The van der Waals surface area contributed by atoms with Crippen molar-refractivity contribution in [2.24, 2.45) is 0 Å². The van der Waals surface area contributed by atoms with E-state index in [2.05, 4.69) is 23.5 Å². The Kier molecular flexibility index (Phi) is 4.43. The smallest absolute Gasteiger partial charge is 0.233 e. The van der Waals surface area contributed by atoms with Crippen molar-refractivity contribution in [3.8, 4) is 0 Å². The second-order valence-electron chi connectivity index (χ2n) is 7.19. The summed E-state index contributed by atoms with van der Waals surface area (Å²) in [6, 6.07) is 18.4. The number of nitrogens with zero attached hydrogens (tertiary/aromatic N) is 1. The summed E-state index contributed by atoms with van der Waals surface area (Å²) in [5, 5.41) is 4.26. The highest BCUT2D eigenvalue weighted by Crippen LogP contribution is 2.46. The first-order valence-electron chi connectivity index (χ1n) is 9.04. The summed E-state index contributed by atoms with van der Waals surface area (Å²) in [5.41, 5.74) is 1.85. The van der Waals surface area contributed by atoms with Crippen molar-refractivity contribution in [1.82, 2.24) is 4.90 Å². The molecule has 0 spiro atoms. The molecule has 2 aliphatic rings. The van der Waals surface area contributed by atoms with E-state index >= 15 is 0 Å². The second kappa shape index (κ2) is 6.72. The molecule has 2 aromatic carbocycles. The molecule has 0 aromatic heterocycles. The van der Waals surface area contributed by atoms with Crippen LogP contribution in [-0.4, -0.2) is 29.9 Å². The number of hydrogen-bond acceptors (Lipinski definition) is 2. The third-order valence-electron chi connectivity index (χ3n) is 5.61. The summed E-state index contributed by atoms with van der Waals surface area (Å²) in [6.45, 7) is 1.60. The van der Waals surface area contributed by atoms with Gasteiger partial charge in [-0.05, 0) is 49.1 Å². The Labute approximate surface area is 154 Å². The first-order chi connectivity index (χ1) is 12.2. The normalized spacial score (nSPS) is 21.6. The Morgan fingerprint density at radius 2 is 1.92 bits per heavy atom. The molecule has 4 rings (SSSR count). The zero-order valence-electron chi connectivity index (χ0n) is 14.2. The zero-order chi connectivity index (χ0) is 17.3. The van der Waals surface area contributed by atoms with E-state index in [1.807, 2.05) is 41.3 Å². The fraction of sp³-hybridized carbons (Fsp3) is 0.381. The number of halogens is 1. The van der Waals surface area contributed by atoms with Gasteiger partial charge in [-0.1, -0.05) is 48.4 Å². The number of likely N-dealkylation sites (tertiary alicyclic amines) is 1. The average molecular weight is 355 g/mol. The maximum atomic E-state index is 13.3. The quantitative estimate of drug-likeness (QED) is 0.878. The molecule has 130 valence electrons. The Hall–Kier alpha value is -2.00. The predicted molar refractivity (Wildman–Crippen MR) is 102 cm³/mol. The van der Waals surface area contributed by atoms with Gasteiger partial charge in [0.1, 0.15) is 0 Å². The van der Waals surface area contributed by atoms with Crippen LogP contribution in [0.5, 0.6) is 0 Å². The maximum absolute atomic E-state index is 13.3. The summed E-state index contributed by atoms with van der Waals surface area (Å²) < 4.78 is 0. The number of benzene rings is 2. The first-order valence-corrected chi connectivity index (χ1v) is 9.42. The highest BCUT2D eigenvalue weighted by molar-refractivity contribution is 6.30. The topological polar surface area (TPSA) is 32.3 Å². The number of para-hydroxylation sites is 1. The van der Waals surface area contributed by atoms with E-state index in [4.69, 9.17) is 11.6 Å². The van der Waals surface area contributed by atoms with Gasteiger partial charge in [0.05, 0.1) is 5.41 Å². The van der Waals surface area contributed by atoms with Crippen LogP contribution in [0.3, 0.4) is 0 Å². The van der Waals surface area contributed by atoms with Crippen molar-refractivity contribution in [1.29, 1.82) is 0 Å². The van der Waals surface area contributed by atoms with Gasteiger partial charge in [0.2, 0.25) is 5.91 Å². The molecular weight excluding hydrogens is 332 g/mol. The lowest BCUT2D eigenvalue weighted by Gasteiger charge is -2.43. The van der Waals surface area contributed by atoms with E-state index in [-0.39, 0.29) is 11.3 Å². The lowest BCUT2D eigenvalue weighted by Crippen LogP contribution is -2.50. The number of carbonyl (C=O) groups is 1. The van der Waals surface area contributed by atoms with Crippen LogP contribution >= 0.6 is 11.6 Å². The van der Waals surface area contributed by atoms with Gasteiger partial charge in [0.15, 0.2) is 0 Å². The van der Waals surface area contributed by atoms with Crippen molar-refractivity contribution in [2.45, 2.75) is 37.1 Å². The molecule has 1 atom stereocenters. The summed E-state index contributed by atoms with van der Waals surface area (Å²) >= 11 is 6.17. The third-order valence-corrected chi connectivity index (χ3v) is 5.85. The molecule has 1 unspecified atom stereocenters. The van der Waals surface area contributed by atoms with E-state index < -0.39 is 0 Å². The number of hydrogen-bond donors (Lipinski definition) is 1. The fourth-order valence-electron chi connectivity index (χ4n) is 4.08. The van der Waals surface area contributed by atoms with Crippen LogP contribution in [0.15, 0.2) is 54.6 Å². The number of amides is 1. The van der Waals surface area contributed by atoms with E-state index in [1.54, 1.807) is 0 Å². The number of nitrogens with one attached hydrogen (secondary N) is 1. The minimum atomic E-state index is -0.355. The molecule has 0 radical (unpaired) electrons. The highest BCUT2D eigenvalue weighted by Gasteiger charge is 2.48. The number of rotatable bonds is 4. The highest BCUT2D eigenvalue weighted by atomic mass is 35.5. The lowest BCUT2D eigenvalue weighted by molar-refractivity contribution is -0.139. The molecule has 1 saturated heterocycles. The van der Waals surface area contributed by atoms with Gasteiger partial charge in [-0.3, -0.25) is 4.79 Å². The van der Waals surface area contributed by atoms with Gasteiger partial charge in [-0.2, -0.15) is 0 Å². The van der Waals surface area contributed by atoms with Gasteiger partial charge >= 0.3 is 0 Å². The zero-order valence-corrected chi connectivity index (χ0v) is 15.0. The molecule has 1 aliphatic heterocycles. The van der Waals surface area contributed by atoms with Crippen LogP contribution in [0.25, 0.3) is 0 Å². The van der Waals surface area contributed by atoms with Crippen LogP contribution in [-0.2, 0) is 10.2 Å². The van der Waals surface area contributed by atoms with Gasteiger partial charge in [-0.15, -0.1) is 0 Å². The second-order valence-corrected chi connectivity index (χ2v) is 7.63. The summed E-state index contributed by atoms with van der Waals surface area (Å²) in [6.07, 6.45) is 3.96. The summed E-state index contributed by atoms with van der Waals surface area (Å²) in [4.78, 5) is 15.4. The van der Waals surface area contributed by atoms with E-state index in [9.17, 15) is 4.79 Å². The molecule has 1 saturated carbocycles. The van der Waals surface area contributed by atoms with Gasteiger partial charge in [-0.25, -0.2) is 0 Å². The van der Waals surface area contributed by atoms with Crippen molar-refractivity contribution < 1.29 is 4.79 Å². The van der Waals surface area contributed by atoms with E-state index in [1.165, 1.54) is 0 Å². The molecule has 2 fully saturated rings. The number of carbonyl (C=O) groups excluding carboxylic acids is 1.